The first kappa shape index (κ1) is 17.9. The minimum absolute atomic E-state index is 0.361. The van der Waals surface area contributed by atoms with Gasteiger partial charge in [0.15, 0.2) is 0 Å². The van der Waals surface area contributed by atoms with Gasteiger partial charge in [0.25, 0.3) is 0 Å². The van der Waals surface area contributed by atoms with Crippen molar-refractivity contribution in [2.75, 3.05) is 0 Å². The van der Waals surface area contributed by atoms with Crippen molar-refractivity contribution in [3.63, 3.8) is 0 Å². The van der Waals surface area contributed by atoms with Gasteiger partial charge >= 0.3 is 0 Å². The number of hydrogen-bond acceptors (Lipinski definition) is 2. The lowest BCUT2D eigenvalue weighted by molar-refractivity contribution is 0.572. The van der Waals surface area contributed by atoms with Gasteiger partial charge in [-0.2, -0.15) is 5.26 Å². The summed E-state index contributed by atoms with van der Waals surface area (Å²) in [5.41, 5.74) is 1.61. The fourth-order valence-electron chi connectivity index (χ4n) is 2.29. The molecule has 2 nitrogen and oxygen atoms in total. The van der Waals surface area contributed by atoms with Gasteiger partial charge in [-0.05, 0) is 42.5 Å². The molecule has 1 aromatic heterocycles. The topological polar surface area (TPSA) is 36.9 Å². The Kier molecular flexibility index (Phi) is 5.42. The molecule has 3 aromatic rings. The van der Waals surface area contributed by atoms with E-state index in [1.807, 2.05) is 6.07 Å². The number of allylic oxidation sites excluding steroid dienone is 1. The fraction of sp³-hybridized carbons (Fsp3) is 0. The number of hydrogen-bond donors (Lipinski definition) is 0. The third kappa shape index (κ3) is 3.86. The molecule has 3 rings (SSSR count). The molecule has 0 aliphatic carbocycles. The first-order chi connectivity index (χ1) is 12.0. The second kappa shape index (κ2) is 7.56. The van der Waals surface area contributed by atoms with Crippen LogP contribution in [0, 0.1) is 11.3 Å². The van der Waals surface area contributed by atoms with E-state index in [2.05, 4.69) is 6.07 Å². The molecule has 0 bridgehead atoms. The largest absolute Gasteiger partial charge is 0.457 e. The summed E-state index contributed by atoms with van der Waals surface area (Å²) >= 11 is 24.3. The first-order valence-corrected chi connectivity index (χ1v) is 8.62. The zero-order valence-electron chi connectivity index (χ0n) is 12.6. The highest BCUT2D eigenvalue weighted by Crippen LogP contribution is 2.35. The van der Waals surface area contributed by atoms with E-state index in [0.29, 0.717) is 48.3 Å². The number of benzene rings is 2. The molecule has 0 fully saturated rings. The van der Waals surface area contributed by atoms with Gasteiger partial charge in [0.1, 0.15) is 11.5 Å². The lowest BCUT2D eigenvalue weighted by Gasteiger charge is -2.03. The van der Waals surface area contributed by atoms with E-state index in [0.717, 1.165) is 0 Å². The molecule has 0 atom stereocenters. The highest BCUT2D eigenvalue weighted by Gasteiger charge is 2.12. The zero-order chi connectivity index (χ0) is 18.0. The minimum Gasteiger partial charge on any atom is -0.457 e. The lowest BCUT2D eigenvalue weighted by atomic mass is 10.1. The number of halogens is 4. The van der Waals surface area contributed by atoms with Crippen molar-refractivity contribution in [1.82, 2.24) is 0 Å². The van der Waals surface area contributed by atoms with Crippen molar-refractivity contribution in [1.29, 1.82) is 5.26 Å². The number of nitrogens with zero attached hydrogens (tertiary/aromatic N) is 1. The lowest BCUT2D eigenvalue weighted by Crippen LogP contribution is -1.83. The van der Waals surface area contributed by atoms with Crippen LogP contribution in [-0.4, -0.2) is 0 Å². The maximum absolute atomic E-state index is 9.45. The Morgan fingerprint density at radius 1 is 0.960 bits per heavy atom. The van der Waals surface area contributed by atoms with Gasteiger partial charge < -0.3 is 4.42 Å². The Morgan fingerprint density at radius 3 is 2.48 bits per heavy atom. The summed E-state index contributed by atoms with van der Waals surface area (Å²) in [6.07, 6.45) is 1.61. The van der Waals surface area contributed by atoms with Crippen LogP contribution in [0.2, 0.25) is 20.1 Å². The number of furan rings is 1. The van der Waals surface area contributed by atoms with Crippen LogP contribution in [-0.2, 0) is 0 Å². The molecule has 25 heavy (non-hydrogen) atoms. The second-order valence-electron chi connectivity index (χ2n) is 5.10. The molecule has 0 amide bonds. The van der Waals surface area contributed by atoms with Crippen LogP contribution in [0.1, 0.15) is 11.3 Å². The third-order valence-corrected chi connectivity index (χ3v) is 4.84. The highest BCUT2D eigenvalue weighted by molar-refractivity contribution is 6.43. The van der Waals surface area contributed by atoms with Crippen LogP contribution < -0.4 is 0 Å². The van der Waals surface area contributed by atoms with Gasteiger partial charge in [0.2, 0.25) is 0 Å². The van der Waals surface area contributed by atoms with Crippen LogP contribution in [0.5, 0.6) is 0 Å². The van der Waals surface area contributed by atoms with Crippen LogP contribution >= 0.6 is 46.4 Å². The predicted molar refractivity (Wildman–Crippen MR) is 104 cm³/mol. The zero-order valence-corrected chi connectivity index (χ0v) is 15.6. The summed E-state index contributed by atoms with van der Waals surface area (Å²) in [7, 11) is 0. The van der Waals surface area contributed by atoms with E-state index in [4.69, 9.17) is 50.8 Å². The molecule has 0 radical (unpaired) electrons. The summed E-state index contributed by atoms with van der Waals surface area (Å²) in [4.78, 5) is 0. The smallest absolute Gasteiger partial charge is 0.136 e. The predicted octanol–water partition coefficient (Wildman–Crippen LogP) is 7.62. The molecule has 0 spiro atoms. The highest BCUT2D eigenvalue weighted by atomic mass is 35.5. The van der Waals surface area contributed by atoms with Crippen LogP contribution in [0.25, 0.3) is 23.0 Å². The molecule has 0 saturated heterocycles. The monoisotopic (exact) mass is 407 g/mol. The van der Waals surface area contributed by atoms with Crippen LogP contribution in [0.15, 0.2) is 52.9 Å². The standard InChI is InChI=1S/C19H9Cl4NO/c20-12-4-6-14(17(22)9-12)11(10-24)8-13-5-7-18(25-13)15-2-1-3-16(21)19(15)23/h1-9H. The number of rotatable bonds is 3. The third-order valence-electron chi connectivity index (χ3n) is 3.47. The van der Waals surface area contributed by atoms with Crippen molar-refractivity contribution in [3.05, 3.63) is 79.9 Å². The van der Waals surface area contributed by atoms with Crippen molar-refractivity contribution >= 4 is 58.1 Å². The maximum atomic E-state index is 9.45. The Morgan fingerprint density at radius 2 is 1.76 bits per heavy atom. The molecule has 6 heteroatoms. The van der Waals surface area contributed by atoms with Gasteiger partial charge in [0, 0.05) is 16.1 Å². The molecule has 124 valence electrons. The molecule has 0 N–H and O–H groups in total. The molecule has 0 aliphatic heterocycles. The van der Waals surface area contributed by atoms with Gasteiger partial charge in [-0.1, -0.05) is 58.5 Å². The maximum Gasteiger partial charge on any atom is 0.136 e. The van der Waals surface area contributed by atoms with E-state index < -0.39 is 0 Å². The Hall–Kier alpha value is -1.89. The van der Waals surface area contributed by atoms with Crippen molar-refractivity contribution in [2.45, 2.75) is 0 Å². The summed E-state index contributed by atoms with van der Waals surface area (Å²) in [6.45, 7) is 0. The SMILES string of the molecule is N#CC(=Cc1ccc(-c2cccc(Cl)c2Cl)o1)c1ccc(Cl)cc1Cl. The van der Waals surface area contributed by atoms with Crippen molar-refractivity contribution in [3.8, 4) is 17.4 Å². The van der Waals surface area contributed by atoms with Gasteiger partial charge in [-0.3, -0.25) is 0 Å². The Labute approximate surface area is 164 Å². The van der Waals surface area contributed by atoms with E-state index in [1.165, 1.54) is 0 Å². The van der Waals surface area contributed by atoms with Gasteiger partial charge in [-0.25, -0.2) is 0 Å². The summed E-state index contributed by atoms with van der Waals surface area (Å²) in [6, 6.07) is 15.9. The molecule has 0 saturated carbocycles. The van der Waals surface area contributed by atoms with Crippen LogP contribution in [0.4, 0.5) is 0 Å². The van der Waals surface area contributed by atoms with E-state index in [-0.39, 0.29) is 0 Å². The second-order valence-corrected chi connectivity index (χ2v) is 6.73. The molecular formula is C19H9Cl4NO. The average Bonchev–Trinajstić information content (AvgIpc) is 3.04. The molecule has 1 heterocycles. The van der Waals surface area contributed by atoms with E-state index in [1.54, 1.807) is 48.5 Å². The molecule has 2 aromatic carbocycles. The van der Waals surface area contributed by atoms with Crippen molar-refractivity contribution < 1.29 is 4.42 Å². The Bertz CT molecular complexity index is 1010. The quantitative estimate of drug-likeness (QED) is 0.417. The average molecular weight is 409 g/mol. The van der Waals surface area contributed by atoms with Gasteiger partial charge in [0.05, 0.1) is 26.7 Å². The van der Waals surface area contributed by atoms with Gasteiger partial charge in [-0.15, -0.1) is 0 Å². The fourth-order valence-corrected chi connectivity index (χ4v) is 3.19. The minimum atomic E-state index is 0.361. The van der Waals surface area contributed by atoms with E-state index >= 15 is 0 Å². The first-order valence-electron chi connectivity index (χ1n) is 7.11. The molecular weight excluding hydrogens is 400 g/mol. The summed E-state index contributed by atoms with van der Waals surface area (Å²) in [5.74, 6) is 1.05. The van der Waals surface area contributed by atoms with E-state index in [9.17, 15) is 5.26 Å². The normalized spacial score (nSPS) is 11.4. The number of nitriles is 1. The summed E-state index contributed by atoms with van der Waals surface area (Å²) in [5, 5.41) is 11.2. The molecule has 0 unspecified atom stereocenters. The van der Waals surface area contributed by atoms with Crippen LogP contribution in [0.3, 0.4) is 0 Å². The molecule has 0 aliphatic rings. The van der Waals surface area contributed by atoms with Crippen molar-refractivity contribution in [2.24, 2.45) is 0 Å². The summed E-state index contributed by atoms with van der Waals surface area (Å²) < 4.78 is 5.78. The Balaban J connectivity index is 2.00.